The number of nitrogens with one attached hydrogen (secondary N) is 2. The number of hydrogen-bond acceptors (Lipinski definition) is 4. The van der Waals surface area contributed by atoms with E-state index in [9.17, 15) is 4.79 Å². The van der Waals surface area contributed by atoms with Crippen LogP contribution in [0.2, 0.25) is 10.0 Å². The fourth-order valence-electron chi connectivity index (χ4n) is 2.52. The summed E-state index contributed by atoms with van der Waals surface area (Å²) in [6.07, 6.45) is 5.28. The third-order valence-electron chi connectivity index (χ3n) is 3.61. The van der Waals surface area contributed by atoms with Crippen molar-refractivity contribution in [2.45, 2.75) is 31.7 Å². The van der Waals surface area contributed by atoms with Gasteiger partial charge < -0.3 is 16.4 Å². The molecule has 132 valence electrons. The van der Waals surface area contributed by atoms with Crippen LogP contribution in [-0.4, -0.2) is 30.0 Å². The van der Waals surface area contributed by atoms with E-state index in [1.165, 1.54) is 6.20 Å². The van der Waals surface area contributed by atoms with Crippen LogP contribution in [0.4, 0.5) is 5.82 Å². The molecule has 1 aliphatic carbocycles. The summed E-state index contributed by atoms with van der Waals surface area (Å²) >= 11 is 11.8. The van der Waals surface area contributed by atoms with E-state index in [0.717, 1.165) is 25.7 Å². The minimum atomic E-state index is 0. The molecule has 0 bridgehead atoms. The van der Waals surface area contributed by atoms with Gasteiger partial charge in [0.1, 0.15) is 5.82 Å². The summed E-state index contributed by atoms with van der Waals surface area (Å²) in [5.41, 5.74) is 5.90. The van der Waals surface area contributed by atoms with Gasteiger partial charge in [-0.3, -0.25) is 4.79 Å². The van der Waals surface area contributed by atoms with Crippen molar-refractivity contribution in [3.8, 4) is 0 Å². The highest BCUT2D eigenvalue weighted by Gasteiger charge is 2.24. The van der Waals surface area contributed by atoms with Gasteiger partial charge in [0.2, 0.25) is 5.91 Å². The number of hydrogen-bond donors (Lipinski definition) is 3. The number of carbonyl (C=O) groups is 1. The molecule has 1 fully saturated rings. The number of nitrogens with zero attached hydrogens (tertiary/aromatic N) is 1. The molecule has 5 nitrogen and oxygen atoms in total. The van der Waals surface area contributed by atoms with Gasteiger partial charge in [0.05, 0.1) is 10.0 Å². The Kier molecular flexibility index (Phi) is 10.9. The second-order valence-electron chi connectivity index (χ2n) is 5.33. The summed E-state index contributed by atoms with van der Waals surface area (Å²) in [7, 11) is 0. The van der Waals surface area contributed by atoms with Crippen molar-refractivity contribution in [2.24, 2.45) is 11.7 Å². The summed E-state index contributed by atoms with van der Waals surface area (Å²) in [6.45, 7) is 1.07. The van der Waals surface area contributed by atoms with E-state index in [1.54, 1.807) is 6.07 Å². The second-order valence-corrected chi connectivity index (χ2v) is 6.17. The Morgan fingerprint density at radius 3 is 2.70 bits per heavy atom. The first-order valence-electron chi connectivity index (χ1n) is 7.14. The zero-order valence-corrected chi connectivity index (χ0v) is 15.7. The fraction of sp³-hybridized carbons (Fsp3) is 0.571. The molecule has 1 amide bonds. The van der Waals surface area contributed by atoms with Crippen LogP contribution in [0, 0.1) is 5.92 Å². The maximum atomic E-state index is 12.0. The number of amides is 1. The number of anilines is 1. The zero-order valence-electron chi connectivity index (χ0n) is 12.6. The SMILES string of the molecule is Cl.Cl.NC1CCCC(C(=O)NCCNc2ncc(Cl)cc2Cl)C1. The number of nitrogens with two attached hydrogens (primary N) is 1. The van der Waals surface area contributed by atoms with E-state index < -0.39 is 0 Å². The summed E-state index contributed by atoms with van der Waals surface area (Å²) in [4.78, 5) is 16.1. The first kappa shape index (κ1) is 22.5. The molecular weight excluding hydrogens is 382 g/mol. The van der Waals surface area contributed by atoms with Crippen LogP contribution < -0.4 is 16.4 Å². The molecule has 2 rings (SSSR count). The van der Waals surface area contributed by atoms with Gasteiger partial charge in [-0.05, 0) is 25.3 Å². The molecule has 0 spiro atoms. The van der Waals surface area contributed by atoms with Gasteiger partial charge >= 0.3 is 0 Å². The van der Waals surface area contributed by atoms with Crippen molar-refractivity contribution in [2.75, 3.05) is 18.4 Å². The standard InChI is InChI=1S/C14H20Cl2N4O.2ClH/c15-10-7-12(16)13(20-8-10)18-4-5-19-14(21)9-2-1-3-11(17)6-9;;/h7-9,11H,1-6,17H2,(H,18,20)(H,19,21);2*1H. The van der Waals surface area contributed by atoms with E-state index in [0.29, 0.717) is 29.0 Å². The Morgan fingerprint density at radius 2 is 2.04 bits per heavy atom. The van der Waals surface area contributed by atoms with Crippen LogP contribution in [0.25, 0.3) is 0 Å². The first-order chi connectivity index (χ1) is 10.1. The lowest BCUT2D eigenvalue weighted by atomic mass is 9.85. The van der Waals surface area contributed by atoms with Crippen LogP contribution in [0.5, 0.6) is 0 Å². The maximum Gasteiger partial charge on any atom is 0.223 e. The molecule has 1 aliphatic rings. The molecule has 2 unspecified atom stereocenters. The third-order valence-corrected chi connectivity index (χ3v) is 4.10. The Balaban J connectivity index is 0.00000242. The van der Waals surface area contributed by atoms with Gasteiger partial charge in [0.25, 0.3) is 0 Å². The van der Waals surface area contributed by atoms with Crippen molar-refractivity contribution in [3.63, 3.8) is 0 Å². The smallest absolute Gasteiger partial charge is 0.223 e. The van der Waals surface area contributed by atoms with Crippen molar-refractivity contribution < 1.29 is 4.79 Å². The van der Waals surface area contributed by atoms with Gasteiger partial charge in [-0.1, -0.05) is 29.6 Å². The van der Waals surface area contributed by atoms with Crippen molar-refractivity contribution in [1.29, 1.82) is 0 Å². The summed E-state index contributed by atoms with van der Waals surface area (Å²) in [5, 5.41) is 6.94. The minimum absolute atomic E-state index is 0. The number of pyridine rings is 1. The molecule has 4 N–H and O–H groups in total. The Labute approximate surface area is 158 Å². The average molecular weight is 404 g/mol. The normalized spacial score (nSPS) is 20.0. The van der Waals surface area contributed by atoms with Gasteiger partial charge in [-0.15, -0.1) is 24.8 Å². The monoisotopic (exact) mass is 402 g/mol. The fourth-order valence-corrected chi connectivity index (χ4v) is 2.97. The van der Waals surface area contributed by atoms with E-state index >= 15 is 0 Å². The predicted molar refractivity (Wildman–Crippen MR) is 100 cm³/mol. The topological polar surface area (TPSA) is 80.0 Å². The molecule has 1 aromatic rings. The lowest BCUT2D eigenvalue weighted by molar-refractivity contribution is -0.126. The van der Waals surface area contributed by atoms with Gasteiger partial charge in [-0.25, -0.2) is 4.98 Å². The predicted octanol–water partition coefficient (Wildman–Crippen LogP) is 3.28. The molecule has 0 aliphatic heterocycles. The van der Waals surface area contributed by atoms with Crippen molar-refractivity contribution >= 4 is 59.7 Å². The van der Waals surface area contributed by atoms with Gasteiger partial charge in [0.15, 0.2) is 0 Å². The highest BCUT2D eigenvalue weighted by Crippen LogP contribution is 2.23. The van der Waals surface area contributed by atoms with E-state index in [4.69, 9.17) is 28.9 Å². The largest absolute Gasteiger partial charge is 0.367 e. The zero-order chi connectivity index (χ0) is 15.2. The summed E-state index contributed by atoms with van der Waals surface area (Å²) < 4.78 is 0. The van der Waals surface area contributed by atoms with Crippen LogP contribution in [0.3, 0.4) is 0 Å². The van der Waals surface area contributed by atoms with Crippen LogP contribution in [0.1, 0.15) is 25.7 Å². The molecular formula is C14H22Cl4N4O. The Hall–Kier alpha value is -0.460. The molecule has 9 heteroatoms. The maximum absolute atomic E-state index is 12.0. The lowest BCUT2D eigenvalue weighted by Gasteiger charge is -2.25. The number of halogens is 4. The minimum Gasteiger partial charge on any atom is -0.367 e. The Bertz CT molecular complexity index is 504. The molecule has 1 aromatic heterocycles. The van der Waals surface area contributed by atoms with Crippen molar-refractivity contribution in [3.05, 3.63) is 22.3 Å². The van der Waals surface area contributed by atoms with Crippen LogP contribution in [0.15, 0.2) is 12.3 Å². The highest BCUT2D eigenvalue weighted by molar-refractivity contribution is 6.35. The van der Waals surface area contributed by atoms with Crippen LogP contribution in [-0.2, 0) is 4.79 Å². The molecule has 1 heterocycles. The first-order valence-corrected chi connectivity index (χ1v) is 7.90. The van der Waals surface area contributed by atoms with Gasteiger partial charge in [-0.2, -0.15) is 0 Å². The van der Waals surface area contributed by atoms with Crippen LogP contribution >= 0.6 is 48.0 Å². The second kappa shape index (κ2) is 11.2. The lowest BCUT2D eigenvalue weighted by Crippen LogP contribution is -2.39. The van der Waals surface area contributed by atoms with E-state index in [-0.39, 0.29) is 42.7 Å². The number of rotatable bonds is 5. The Morgan fingerprint density at radius 1 is 1.30 bits per heavy atom. The summed E-state index contributed by atoms with van der Waals surface area (Å²) in [5.74, 6) is 0.697. The molecule has 0 radical (unpaired) electrons. The van der Waals surface area contributed by atoms with E-state index in [2.05, 4.69) is 15.6 Å². The quantitative estimate of drug-likeness (QED) is 0.659. The highest BCUT2D eigenvalue weighted by atomic mass is 35.5. The molecule has 1 saturated carbocycles. The molecule has 0 saturated heterocycles. The number of carbonyl (C=O) groups excluding carboxylic acids is 1. The van der Waals surface area contributed by atoms with Gasteiger partial charge in [0, 0.05) is 31.2 Å². The number of aromatic nitrogens is 1. The average Bonchev–Trinajstić information content (AvgIpc) is 2.45. The third kappa shape index (κ3) is 7.31. The summed E-state index contributed by atoms with van der Waals surface area (Å²) in [6, 6.07) is 1.78. The molecule has 2 atom stereocenters. The van der Waals surface area contributed by atoms with E-state index in [1.807, 2.05) is 0 Å². The molecule has 0 aromatic carbocycles. The van der Waals surface area contributed by atoms with Crippen molar-refractivity contribution in [1.82, 2.24) is 10.3 Å². The molecule has 23 heavy (non-hydrogen) atoms.